The first-order chi connectivity index (χ1) is 8.13. The number of ether oxygens (including phenoxy) is 1. The van der Waals surface area contributed by atoms with Gasteiger partial charge in [0, 0.05) is 12.6 Å². The molecule has 0 saturated heterocycles. The molecule has 6 heteroatoms. The maximum atomic E-state index is 13.0. The first-order valence-electron chi connectivity index (χ1n) is 4.95. The number of nitriles is 1. The number of carbonyl (C=O) groups is 1. The van der Waals surface area contributed by atoms with E-state index in [1.54, 1.807) is 0 Å². The van der Waals surface area contributed by atoms with Crippen LogP contribution >= 0.6 is 0 Å². The minimum Gasteiger partial charge on any atom is -0.484 e. The number of hydrogen-bond donors (Lipinski definition) is 2. The van der Waals surface area contributed by atoms with Crippen molar-refractivity contribution in [2.45, 2.75) is 6.42 Å². The number of amides is 1. The molecule has 1 aromatic carbocycles. The molecule has 0 saturated carbocycles. The smallest absolute Gasteiger partial charge is 0.257 e. The van der Waals surface area contributed by atoms with Crippen molar-refractivity contribution in [1.29, 1.82) is 5.26 Å². The van der Waals surface area contributed by atoms with Crippen molar-refractivity contribution in [3.63, 3.8) is 0 Å². The van der Waals surface area contributed by atoms with Crippen LogP contribution in [-0.2, 0) is 4.79 Å². The molecule has 0 aliphatic heterocycles. The van der Waals surface area contributed by atoms with Crippen LogP contribution in [0.2, 0.25) is 0 Å². The fraction of sp³-hybridized carbons (Fsp3) is 0.273. The predicted octanol–water partition coefficient (Wildman–Crippen LogP) is 0.817. The second kappa shape index (κ2) is 6.33. The van der Waals surface area contributed by atoms with Gasteiger partial charge in [-0.3, -0.25) is 4.79 Å². The van der Waals surface area contributed by atoms with Crippen molar-refractivity contribution in [2.24, 2.45) is 0 Å². The maximum Gasteiger partial charge on any atom is 0.257 e. The lowest BCUT2D eigenvalue weighted by atomic mass is 10.3. The number of anilines is 1. The molecule has 0 spiro atoms. The summed E-state index contributed by atoms with van der Waals surface area (Å²) in [6, 6.07) is 5.83. The molecule has 90 valence electrons. The fourth-order valence-corrected chi connectivity index (χ4v) is 1.06. The molecular formula is C11H12FN3O2. The summed E-state index contributed by atoms with van der Waals surface area (Å²) in [4.78, 5) is 11.2. The van der Waals surface area contributed by atoms with Gasteiger partial charge in [0.25, 0.3) is 5.91 Å². The van der Waals surface area contributed by atoms with Gasteiger partial charge in [-0.2, -0.15) is 5.26 Å². The summed E-state index contributed by atoms with van der Waals surface area (Å²) in [5.41, 5.74) is 5.31. The van der Waals surface area contributed by atoms with Crippen LogP contribution in [0, 0.1) is 17.1 Å². The summed E-state index contributed by atoms with van der Waals surface area (Å²) >= 11 is 0. The van der Waals surface area contributed by atoms with Crippen LogP contribution in [0.5, 0.6) is 5.75 Å². The van der Waals surface area contributed by atoms with Gasteiger partial charge in [0.05, 0.1) is 18.2 Å². The summed E-state index contributed by atoms with van der Waals surface area (Å²) in [5, 5.41) is 10.7. The average Bonchev–Trinajstić information content (AvgIpc) is 2.31. The summed E-state index contributed by atoms with van der Waals surface area (Å²) in [7, 11) is 0. The Hall–Kier alpha value is -2.29. The van der Waals surface area contributed by atoms with E-state index in [0.29, 0.717) is 0 Å². The van der Waals surface area contributed by atoms with Crippen LogP contribution in [0.25, 0.3) is 0 Å². The lowest BCUT2D eigenvalue weighted by Gasteiger charge is -2.07. The molecule has 0 unspecified atom stereocenters. The zero-order valence-electron chi connectivity index (χ0n) is 9.07. The molecule has 1 rings (SSSR count). The minimum absolute atomic E-state index is 0.0239. The molecule has 0 aliphatic carbocycles. The Morgan fingerprint density at radius 3 is 3.00 bits per heavy atom. The van der Waals surface area contributed by atoms with Crippen LogP contribution in [0.1, 0.15) is 6.42 Å². The summed E-state index contributed by atoms with van der Waals surface area (Å²) in [5.74, 6) is -0.725. The van der Waals surface area contributed by atoms with Crippen molar-refractivity contribution in [1.82, 2.24) is 5.32 Å². The number of nitrogens with one attached hydrogen (secondary N) is 1. The van der Waals surface area contributed by atoms with Crippen LogP contribution in [0.4, 0.5) is 10.1 Å². The highest BCUT2D eigenvalue weighted by Crippen LogP contribution is 2.17. The zero-order chi connectivity index (χ0) is 12.7. The van der Waals surface area contributed by atoms with E-state index in [0.717, 1.165) is 6.07 Å². The Morgan fingerprint density at radius 1 is 1.59 bits per heavy atom. The number of nitrogen functional groups attached to an aromatic ring is 1. The molecule has 0 aromatic heterocycles. The third-order valence-corrected chi connectivity index (χ3v) is 1.90. The molecule has 0 heterocycles. The van der Waals surface area contributed by atoms with Gasteiger partial charge in [0.15, 0.2) is 6.61 Å². The molecule has 3 N–H and O–H groups in total. The number of rotatable bonds is 5. The van der Waals surface area contributed by atoms with Gasteiger partial charge in [0.1, 0.15) is 11.6 Å². The number of halogens is 1. The van der Waals surface area contributed by atoms with Crippen LogP contribution in [0.15, 0.2) is 18.2 Å². The Kier molecular flexibility index (Phi) is 4.76. The minimum atomic E-state index is -0.590. The van der Waals surface area contributed by atoms with Crippen molar-refractivity contribution in [3.05, 3.63) is 24.0 Å². The highest BCUT2D eigenvalue weighted by Gasteiger charge is 2.04. The molecular weight excluding hydrogens is 225 g/mol. The first-order valence-corrected chi connectivity index (χ1v) is 4.95. The molecule has 0 fully saturated rings. The van der Waals surface area contributed by atoms with E-state index in [2.05, 4.69) is 5.32 Å². The van der Waals surface area contributed by atoms with Crippen LogP contribution in [0.3, 0.4) is 0 Å². The molecule has 1 aromatic rings. The van der Waals surface area contributed by atoms with Crippen molar-refractivity contribution in [2.75, 3.05) is 18.9 Å². The Balaban J connectivity index is 2.37. The van der Waals surface area contributed by atoms with E-state index in [1.807, 2.05) is 6.07 Å². The normalized spacial score (nSPS) is 9.41. The lowest BCUT2D eigenvalue weighted by molar-refractivity contribution is -0.123. The van der Waals surface area contributed by atoms with E-state index in [4.69, 9.17) is 15.7 Å². The Labute approximate surface area is 98.0 Å². The van der Waals surface area contributed by atoms with Gasteiger partial charge in [-0.25, -0.2) is 4.39 Å². The van der Waals surface area contributed by atoms with Crippen LogP contribution < -0.4 is 15.8 Å². The standard InChI is InChI=1S/C11H12FN3O2/c12-9-6-8(2-3-10(9)14)17-7-11(16)15-5-1-4-13/h2-3,6H,1,5,7,14H2,(H,15,16). The second-order valence-corrected chi connectivity index (χ2v) is 3.23. The molecule has 0 radical (unpaired) electrons. The molecule has 0 atom stereocenters. The topological polar surface area (TPSA) is 88.1 Å². The van der Waals surface area contributed by atoms with Crippen molar-refractivity contribution in [3.8, 4) is 11.8 Å². The van der Waals surface area contributed by atoms with Gasteiger partial charge < -0.3 is 15.8 Å². The molecule has 1 amide bonds. The Bertz CT molecular complexity index is 443. The highest BCUT2D eigenvalue weighted by atomic mass is 19.1. The van der Waals surface area contributed by atoms with E-state index >= 15 is 0 Å². The zero-order valence-corrected chi connectivity index (χ0v) is 9.07. The highest BCUT2D eigenvalue weighted by molar-refractivity contribution is 5.77. The van der Waals surface area contributed by atoms with Crippen molar-refractivity contribution < 1.29 is 13.9 Å². The Morgan fingerprint density at radius 2 is 2.35 bits per heavy atom. The van der Waals surface area contributed by atoms with Gasteiger partial charge >= 0.3 is 0 Å². The predicted molar refractivity (Wildman–Crippen MR) is 59.5 cm³/mol. The number of hydrogen-bond acceptors (Lipinski definition) is 4. The largest absolute Gasteiger partial charge is 0.484 e. The number of nitrogens with two attached hydrogens (primary N) is 1. The molecule has 17 heavy (non-hydrogen) atoms. The van der Waals surface area contributed by atoms with E-state index in [9.17, 15) is 9.18 Å². The third kappa shape index (κ3) is 4.38. The number of benzene rings is 1. The van der Waals surface area contributed by atoms with E-state index in [-0.39, 0.29) is 36.9 Å². The quantitative estimate of drug-likeness (QED) is 0.586. The number of carbonyl (C=O) groups excluding carboxylic acids is 1. The maximum absolute atomic E-state index is 13.0. The summed E-state index contributed by atoms with van der Waals surface area (Å²) < 4.78 is 18.1. The lowest BCUT2D eigenvalue weighted by Crippen LogP contribution is -2.29. The SMILES string of the molecule is N#CCCNC(=O)COc1ccc(N)c(F)c1. The monoisotopic (exact) mass is 237 g/mol. The van der Waals surface area contributed by atoms with Gasteiger partial charge in [-0.1, -0.05) is 0 Å². The average molecular weight is 237 g/mol. The molecule has 5 nitrogen and oxygen atoms in total. The second-order valence-electron chi connectivity index (χ2n) is 3.23. The third-order valence-electron chi connectivity index (χ3n) is 1.90. The molecule has 0 bridgehead atoms. The first kappa shape index (κ1) is 12.8. The fourth-order valence-electron chi connectivity index (χ4n) is 1.06. The van der Waals surface area contributed by atoms with E-state index in [1.165, 1.54) is 12.1 Å². The van der Waals surface area contributed by atoms with Gasteiger partial charge in [0.2, 0.25) is 0 Å². The summed E-state index contributed by atoms with van der Waals surface area (Å²) in [6.07, 6.45) is 0.238. The van der Waals surface area contributed by atoms with Crippen LogP contribution in [-0.4, -0.2) is 19.1 Å². The van der Waals surface area contributed by atoms with E-state index < -0.39 is 5.82 Å². The van der Waals surface area contributed by atoms with Gasteiger partial charge in [-0.05, 0) is 12.1 Å². The summed E-state index contributed by atoms with van der Waals surface area (Å²) in [6.45, 7) is 0.0452. The van der Waals surface area contributed by atoms with Gasteiger partial charge in [-0.15, -0.1) is 0 Å². The number of nitrogens with zero attached hydrogens (tertiary/aromatic N) is 1. The van der Waals surface area contributed by atoms with Crippen molar-refractivity contribution >= 4 is 11.6 Å². The molecule has 0 aliphatic rings.